The van der Waals surface area contributed by atoms with Crippen molar-refractivity contribution in [3.05, 3.63) is 82.9 Å². The van der Waals surface area contributed by atoms with E-state index in [4.69, 9.17) is 0 Å². The molecule has 4 aromatic rings. The van der Waals surface area contributed by atoms with E-state index in [1.54, 1.807) is 0 Å². The number of fused-ring (bicyclic) bond motifs is 2. The van der Waals surface area contributed by atoms with E-state index in [1.807, 2.05) is 48.5 Å². The normalized spacial score (nSPS) is 11.9. The zero-order valence-corrected chi connectivity index (χ0v) is 72.9. The quantitative estimate of drug-likeness (QED) is 0.0247. The molecule has 0 aliphatic carbocycles. The van der Waals surface area contributed by atoms with Crippen LogP contribution in [-0.4, -0.2) is 74.8 Å². The Hall–Kier alpha value is -1.21. The van der Waals surface area contributed by atoms with Gasteiger partial charge in [-0.05, 0) is 107 Å². The number of unbranched alkanes of at least 4 members (excludes halogenated alkanes) is 60. The maximum absolute atomic E-state index is 12.7. The zero-order chi connectivity index (χ0) is 71.9. The monoisotopic (exact) mass is 1560 g/mol. The first kappa shape index (κ1) is 95.9. The van der Waals surface area contributed by atoms with Crippen molar-refractivity contribution in [2.75, 3.05) is 0 Å². The average molecular weight is 1560 g/mol. The van der Waals surface area contributed by atoms with E-state index in [2.05, 4.69) is 39.8 Å². The van der Waals surface area contributed by atoms with Crippen molar-refractivity contribution < 1.29 is 25.9 Å². The second-order valence-corrected chi connectivity index (χ2v) is 33.9. The molecule has 0 aliphatic rings. The van der Waals surface area contributed by atoms with Crippen LogP contribution in [0, 0.1) is 0 Å². The van der Waals surface area contributed by atoms with Gasteiger partial charge in [0.1, 0.15) is 20.2 Å². The van der Waals surface area contributed by atoms with Gasteiger partial charge in [-0.2, -0.15) is 0 Å². The molecule has 0 spiro atoms. The Kier molecular flexibility index (Phi) is 63.5. The molecule has 0 atom stereocenters. The fraction of sp³-hybridized carbons (Fsp3) is 0.783. The van der Waals surface area contributed by atoms with Crippen molar-refractivity contribution in [1.82, 2.24) is 0 Å². The smallest absolute Gasteiger partial charge is 0.744 e. The molecule has 6 nitrogen and oxygen atoms in total. The second-order valence-electron chi connectivity index (χ2n) is 31.3. The Balaban J connectivity index is 0.000000680. The maximum atomic E-state index is 12.7. The van der Waals surface area contributed by atoms with E-state index in [9.17, 15) is 25.9 Å². The van der Waals surface area contributed by atoms with Gasteiger partial charge in [-0.1, -0.05) is 461 Å². The van der Waals surface area contributed by atoms with Crippen LogP contribution in [0.25, 0.3) is 21.5 Å². The number of hydrogen-bond donors (Lipinski definition) is 0. The molecule has 0 heterocycles. The zero-order valence-electron chi connectivity index (χ0n) is 66.8. The Morgan fingerprint density at radius 1 is 0.228 bits per heavy atom. The molecule has 101 heavy (non-hydrogen) atoms. The first-order valence-corrected chi connectivity index (χ1v) is 46.8. The largest absolute Gasteiger partial charge is 2.00 e. The van der Waals surface area contributed by atoms with Crippen LogP contribution in [0.3, 0.4) is 0 Å². The van der Waals surface area contributed by atoms with E-state index in [0.717, 1.165) is 95.2 Å². The van der Waals surface area contributed by atoms with Crippen molar-refractivity contribution in [1.29, 1.82) is 0 Å². The number of rotatable bonds is 70. The van der Waals surface area contributed by atoms with E-state index in [1.165, 1.54) is 360 Å². The van der Waals surface area contributed by atoms with Gasteiger partial charge in [0.25, 0.3) is 0 Å². The summed E-state index contributed by atoms with van der Waals surface area (Å²) in [6.45, 7) is 9.12. The standard InChI is InChI=1S/2C46H80O3S.Ba/c2*1-3-5-7-9-11-13-15-17-19-21-23-25-27-29-31-33-38-43-41-42-37-35-36-39-44(42)45(46(43)50(47,48)49)40-34-32-30-28-26-24-22-20-18-16-14-12-10-8-6-4-2;/h2*35-37,39,41H,3-34,38,40H2,1-2H3,(H,47,48,49);/q;;+2/p-2. The van der Waals surface area contributed by atoms with E-state index < -0.39 is 20.2 Å². The van der Waals surface area contributed by atoms with Crippen LogP contribution in [0.2, 0.25) is 0 Å². The van der Waals surface area contributed by atoms with Crippen molar-refractivity contribution in [3.63, 3.8) is 0 Å². The molecule has 9 heteroatoms. The predicted octanol–water partition coefficient (Wildman–Crippen LogP) is 30.3. The minimum Gasteiger partial charge on any atom is -0.744 e. The molecule has 0 saturated carbocycles. The molecule has 4 rings (SSSR count). The molecular formula is C92H158BaO6S2. The van der Waals surface area contributed by atoms with Crippen LogP contribution in [0.5, 0.6) is 0 Å². The van der Waals surface area contributed by atoms with E-state index in [-0.39, 0.29) is 58.7 Å². The predicted molar refractivity (Wildman–Crippen MR) is 443 cm³/mol. The summed E-state index contributed by atoms with van der Waals surface area (Å²) >= 11 is 0. The van der Waals surface area contributed by atoms with Crippen LogP contribution in [0.15, 0.2) is 70.5 Å². The van der Waals surface area contributed by atoms with Crippen molar-refractivity contribution in [2.24, 2.45) is 0 Å². The third-order valence-corrected chi connectivity index (χ3v) is 24.0. The number of aryl methyl sites for hydroxylation is 4. The van der Waals surface area contributed by atoms with Crippen molar-refractivity contribution in [2.45, 2.75) is 474 Å². The summed E-state index contributed by atoms with van der Waals surface area (Å²) in [5.74, 6) is 0. The molecule has 0 radical (unpaired) electrons. The first-order chi connectivity index (χ1) is 49.0. The minimum absolute atomic E-state index is 0. The minimum atomic E-state index is -4.55. The maximum Gasteiger partial charge on any atom is 2.00 e. The van der Waals surface area contributed by atoms with E-state index >= 15 is 0 Å². The Labute approximate surface area is 667 Å². The molecule has 0 saturated heterocycles. The molecule has 0 bridgehead atoms. The van der Waals surface area contributed by atoms with Crippen LogP contribution in [-0.2, 0) is 45.9 Å². The van der Waals surface area contributed by atoms with Gasteiger partial charge in [-0.15, -0.1) is 0 Å². The van der Waals surface area contributed by atoms with Gasteiger partial charge in [0.15, 0.2) is 0 Å². The summed E-state index contributed by atoms with van der Waals surface area (Å²) < 4.78 is 76.2. The van der Waals surface area contributed by atoms with Gasteiger partial charge in [-0.3, -0.25) is 0 Å². The van der Waals surface area contributed by atoms with Crippen LogP contribution >= 0.6 is 0 Å². The summed E-state index contributed by atoms with van der Waals surface area (Å²) in [6.07, 6.45) is 86.9. The molecule has 0 amide bonds. The summed E-state index contributed by atoms with van der Waals surface area (Å²) in [4.78, 5) is 0.191. The van der Waals surface area contributed by atoms with Gasteiger partial charge in [-0.25, -0.2) is 16.8 Å². The molecular weight excluding hydrogens is 1400 g/mol. The Bertz CT molecular complexity index is 2570. The molecule has 576 valence electrons. The van der Waals surface area contributed by atoms with Gasteiger partial charge >= 0.3 is 48.9 Å². The van der Waals surface area contributed by atoms with Crippen LogP contribution < -0.4 is 0 Å². The van der Waals surface area contributed by atoms with Gasteiger partial charge in [0.05, 0.1) is 9.79 Å². The third-order valence-electron chi connectivity index (χ3n) is 22.0. The molecule has 4 aromatic carbocycles. The topological polar surface area (TPSA) is 114 Å². The van der Waals surface area contributed by atoms with Crippen molar-refractivity contribution >= 4 is 90.7 Å². The summed E-state index contributed by atoms with van der Waals surface area (Å²) in [5, 5.41) is 4.02. The van der Waals surface area contributed by atoms with Gasteiger partial charge in [0, 0.05) is 0 Å². The Morgan fingerprint density at radius 2 is 0.386 bits per heavy atom. The van der Waals surface area contributed by atoms with E-state index in [0.29, 0.717) is 25.7 Å². The number of hydrogen-bond acceptors (Lipinski definition) is 6. The fourth-order valence-corrected chi connectivity index (χ4v) is 17.8. The third kappa shape index (κ3) is 49.5. The van der Waals surface area contributed by atoms with Crippen LogP contribution in [0.4, 0.5) is 0 Å². The molecule has 0 fully saturated rings. The average Bonchev–Trinajstić information content (AvgIpc) is 0.776. The SMILES string of the molecule is CCCCCCCCCCCCCCCCCCc1cc2ccccc2c(CCCCCCCCCCCCCCCCCC)c1S(=O)(=O)[O-].CCCCCCCCCCCCCCCCCCc1cc2ccccc2c(CCCCCCCCCCCCCCCCCC)c1S(=O)(=O)[O-].[Ba+2]. The van der Waals surface area contributed by atoms with Crippen LogP contribution in [0.1, 0.15) is 461 Å². The molecule has 0 N–H and O–H groups in total. The first-order valence-electron chi connectivity index (χ1n) is 44.0. The number of benzene rings is 4. The Morgan fingerprint density at radius 3 is 0.564 bits per heavy atom. The summed E-state index contributed by atoms with van der Waals surface area (Å²) in [5.41, 5.74) is 3.04. The summed E-state index contributed by atoms with van der Waals surface area (Å²) in [6, 6.07) is 20.1. The molecule has 0 unspecified atom stereocenters. The molecule has 0 aliphatic heterocycles. The summed E-state index contributed by atoms with van der Waals surface area (Å²) in [7, 11) is -9.10. The van der Waals surface area contributed by atoms with Gasteiger partial charge < -0.3 is 9.11 Å². The fourth-order valence-electron chi connectivity index (χ4n) is 15.9. The van der Waals surface area contributed by atoms with Crippen molar-refractivity contribution in [3.8, 4) is 0 Å². The molecule has 0 aromatic heterocycles. The second kappa shape index (κ2) is 67.0. The van der Waals surface area contributed by atoms with Gasteiger partial charge in [0.2, 0.25) is 0 Å².